The lowest BCUT2D eigenvalue weighted by atomic mass is 9.93. The fraction of sp³-hybridized carbons (Fsp3) is 0.160. The molecule has 0 aliphatic heterocycles. The highest BCUT2D eigenvalue weighted by atomic mass is 16.5. The lowest BCUT2D eigenvalue weighted by Gasteiger charge is -2.21. The number of nitrogens with zero attached hydrogens (tertiary/aromatic N) is 1. The molecule has 0 aliphatic rings. The van der Waals surface area contributed by atoms with Crippen LogP contribution >= 0.6 is 0 Å². The Labute approximate surface area is 182 Å². The fourth-order valence-corrected chi connectivity index (χ4v) is 3.17. The van der Waals surface area contributed by atoms with Gasteiger partial charge in [0.15, 0.2) is 0 Å². The SMILES string of the molecule is CN/C=C(\C(=N)C(=O)C(Nc1cccc(OC)c1)c1ccccc1)c1ccc(C)nc1. The molecule has 3 aromatic rings. The molecule has 0 aliphatic carbocycles. The van der Waals surface area contributed by atoms with Gasteiger partial charge in [-0.2, -0.15) is 0 Å². The molecular formula is C25H26N4O2. The van der Waals surface area contributed by atoms with Gasteiger partial charge in [0.05, 0.1) is 7.11 Å². The number of aryl methyl sites for hydroxylation is 1. The Balaban J connectivity index is 1.97. The fourth-order valence-electron chi connectivity index (χ4n) is 3.17. The minimum Gasteiger partial charge on any atom is -0.497 e. The van der Waals surface area contributed by atoms with Crippen molar-refractivity contribution in [2.75, 3.05) is 19.5 Å². The summed E-state index contributed by atoms with van der Waals surface area (Å²) in [5.74, 6) is 0.330. The molecule has 0 spiro atoms. The van der Waals surface area contributed by atoms with Crippen LogP contribution in [0.4, 0.5) is 5.69 Å². The van der Waals surface area contributed by atoms with Gasteiger partial charge in [0.2, 0.25) is 5.78 Å². The first kappa shape index (κ1) is 21.8. The number of ketones is 1. The van der Waals surface area contributed by atoms with Crippen LogP contribution in [0.1, 0.15) is 22.9 Å². The maximum absolute atomic E-state index is 13.6. The van der Waals surface area contributed by atoms with Crippen molar-refractivity contribution in [3.8, 4) is 5.75 Å². The van der Waals surface area contributed by atoms with E-state index in [0.29, 0.717) is 16.9 Å². The van der Waals surface area contributed by atoms with E-state index < -0.39 is 6.04 Å². The zero-order valence-electron chi connectivity index (χ0n) is 17.8. The third-order valence-electron chi connectivity index (χ3n) is 4.80. The van der Waals surface area contributed by atoms with Crippen LogP contribution in [0.5, 0.6) is 5.75 Å². The maximum Gasteiger partial charge on any atom is 0.207 e. The predicted octanol–water partition coefficient (Wildman–Crippen LogP) is 4.40. The zero-order chi connectivity index (χ0) is 22.2. The number of methoxy groups -OCH3 is 1. The van der Waals surface area contributed by atoms with Gasteiger partial charge in [-0.15, -0.1) is 0 Å². The number of allylic oxidation sites excluding steroid dienone is 1. The van der Waals surface area contributed by atoms with E-state index in [0.717, 1.165) is 16.9 Å². The first-order valence-electron chi connectivity index (χ1n) is 9.92. The number of hydrogen-bond donors (Lipinski definition) is 3. The molecule has 6 nitrogen and oxygen atoms in total. The monoisotopic (exact) mass is 414 g/mol. The molecule has 1 aromatic heterocycles. The molecule has 0 radical (unpaired) electrons. The molecule has 31 heavy (non-hydrogen) atoms. The predicted molar refractivity (Wildman–Crippen MR) is 125 cm³/mol. The maximum atomic E-state index is 13.6. The van der Waals surface area contributed by atoms with Crippen molar-refractivity contribution in [2.45, 2.75) is 13.0 Å². The van der Waals surface area contributed by atoms with Gasteiger partial charge < -0.3 is 15.4 Å². The highest BCUT2D eigenvalue weighted by molar-refractivity contribution is 6.56. The number of aromatic nitrogens is 1. The summed E-state index contributed by atoms with van der Waals surface area (Å²) in [5.41, 5.74) is 3.44. The molecular weight excluding hydrogens is 388 g/mol. The Morgan fingerprint density at radius 1 is 1.10 bits per heavy atom. The average Bonchev–Trinajstić information content (AvgIpc) is 2.81. The number of anilines is 1. The van der Waals surface area contributed by atoms with Crippen molar-refractivity contribution in [1.29, 1.82) is 5.41 Å². The summed E-state index contributed by atoms with van der Waals surface area (Å²) in [6.07, 6.45) is 3.33. The van der Waals surface area contributed by atoms with E-state index in [1.54, 1.807) is 26.6 Å². The van der Waals surface area contributed by atoms with Gasteiger partial charge in [0.25, 0.3) is 0 Å². The molecule has 0 saturated carbocycles. The molecule has 2 aromatic carbocycles. The molecule has 1 heterocycles. The Morgan fingerprint density at radius 2 is 1.87 bits per heavy atom. The molecule has 158 valence electrons. The van der Waals surface area contributed by atoms with E-state index in [4.69, 9.17) is 10.1 Å². The second-order valence-electron chi connectivity index (χ2n) is 6.99. The number of carbonyl (C=O) groups is 1. The first-order valence-corrected chi connectivity index (χ1v) is 9.92. The van der Waals surface area contributed by atoms with E-state index >= 15 is 0 Å². The zero-order valence-corrected chi connectivity index (χ0v) is 17.8. The van der Waals surface area contributed by atoms with Crippen molar-refractivity contribution in [1.82, 2.24) is 10.3 Å². The third-order valence-corrected chi connectivity index (χ3v) is 4.80. The van der Waals surface area contributed by atoms with Crippen LogP contribution in [-0.4, -0.2) is 30.6 Å². The van der Waals surface area contributed by atoms with E-state index in [9.17, 15) is 4.79 Å². The van der Waals surface area contributed by atoms with Crippen LogP contribution in [0.2, 0.25) is 0 Å². The van der Waals surface area contributed by atoms with Crippen LogP contribution in [0.15, 0.2) is 79.1 Å². The Bertz CT molecular complexity index is 1080. The summed E-state index contributed by atoms with van der Waals surface area (Å²) in [6.45, 7) is 1.89. The number of pyridine rings is 1. The first-order chi connectivity index (χ1) is 15.0. The molecule has 0 saturated heterocycles. The lowest BCUT2D eigenvalue weighted by molar-refractivity contribution is -0.113. The van der Waals surface area contributed by atoms with Gasteiger partial charge in [-0.25, -0.2) is 0 Å². The number of ether oxygens (including phenoxy) is 1. The summed E-state index contributed by atoms with van der Waals surface area (Å²) in [7, 11) is 3.33. The van der Waals surface area contributed by atoms with Gasteiger partial charge in [0.1, 0.15) is 17.5 Å². The number of nitrogens with one attached hydrogen (secondary N) is 3. The number of carbonyl (C=O) groups excluding carboxylic acids is 1. The van der Waals surface area contributed by atoms with Gasteiger partial charge in [-0.3, -0.25) is 15.2 Å². The topological polar surface area (TPSA) is 87.1 Å². The van der Waals surface area contributed by atoms with Crippen LogP contribution < -0.4 is 15.4 Å². The second kappa shape index (κ2) is 10.2. The van der Waals surface area contributed by atoms with Crippen molar-refractivity contribution in [2.24, 2.45) is 0 Å². The molecule has 0 fully saturated rings. The summed E-state index contributed by atoms with van der Waals surface area (Å²) in [6, 6.07) is 19.8. The minimum atomic E-state index is -0.737. The minimum absolute atomic E-state index is 0.107. The number of Topliss-reactive ketones (excluding diaryl/α,β-unsaturated/α-hetero) is 1. The summed E-state index contributed by atoms with van der Waals surface area (Å²) in [4.78, 5) is 17.9. The smallest absolute Gasteiger partial charge is 0.207 e. The molecule has 6 heteroatoms. The molecule has 1 atom stereocenters. The Hall–Kier alpha value is -3.93. The van der Waals surface area contributed by atoms with E-state index in [1.165, 1.54) is 0 Å². The van der Waals surface area contributed by atoms with Crippen LogP contribution in [0, 0.1) is 12.3 Å². The van der Waals surface area contributed by atoms with Crippen LogP contribution in [0.3, 0.4) is 0 Å². The molecule has 0 amide bonds. The van der Waals surface area contributed by atoms with Crippen molar-refractivity contribution >= 4 is 22.8 Å². The van der Waals surface area contributed by atoms with Crippen LogP contribution in [-0.2, 0) is 4.79 Å². The van der Waals surface area contributed by atoms with Crippen molar-refractivity contribution < 1.29 is 9.53 Å². The van der Waals surface area contributed by atoms with Gasteiger partial charge in [-0.05, 0) is 30.7 Å². The number of benzene rings is 2. The second-order valence-corrected chi connectivity index (χ2v) is 6.99. The summed E-state index contributed by atoms with van der Waals surface area (Å²) in [5, 5.41) is 14.9. The molecule has 1 unspecified atom stereocenters. The third kappa shape index (κ3) is 5.36. The molecule has 3 rings (SSSR count). The largest absolute Gasteiger partial charge is 0.497 e. The summed E-state index contributed by atoms with van der Waals surface area (Å²) >= 11 is 0. The number of hydrogen-bond acceptors (Lipinski definition) is 6. The van der Waals surface area contributed by atoms with Gasteiger partial charge in [0, 0.05) is 48.0 Å². The highest BCUT2D eigenvalue weighted by Gasteiger charge is 2.27. The Morgan fingerprint density at radius 3 is 2.52 bits per heavy atom. The summed E-state index contributed by atoms with van der Waals surface area (Å²) < 4.78 is 5.30. The van der Waals surface area contributed by atoms with E-state index in [1.807, 2.05) is 73.7 Å². The van der Waals surface area contributed by atoms with E-state index in [2.05, 4.69) is 15.6 Å². The van der Waals surface area contributed by atoms with Crippen molar-refractivity contribution in [3.05, 3.63) is 95.9 Å². The standard InChI is InChI=1S/C25H26N4O2/c1-17-12-13-19(15-28-17)22(16-27-2)23(26)25(30)24(18-8-5-4-6-9-18)29-20-10-7-11-21(14-20)31-3/h4-16,24,26-27,29H,1-3H3/b22-16-,26-23?. The Kier molecular flexibility index (Phi) is 7.17. The number of rotatable bonds is 9. The average molecular weight is 415 g/mol. The lowest BCUT2D eigenvalue weighted by Crippen LogP contribution is -2.28. The van der Waals surface area contributed by atoms with E-state index in [-0.39, 0.29) is 11.5 Å². The quantitative estimate of drug-likeness (QED) is 0.452. The van der Waals surface area contributed by atoms with Gasteiger partial charge in [-0.1, -0.05) is 42.5 Å². The van der Waals surface area contributed by atoms with Crippen molar-refractivity contribution in [3.63, 3.8) is 0 Å². The highest BCUT2D eigenvalue weighted by Crippen LogP contribution is 2.26. The normalized spacial score (nSPS) is 12.0. The molecule has 0 bridgehead atoms. The van der Waals surface area contributed by atoms with Crippen LogP contribution in [0.25, 0.3) is 5.57 Å². The van der Waals surface area contributed by atoms with Gasteiger partial charge >= 0.3 is 0 Å². The molecule has 3 N–H and O–H groups in total.